The minimum absolute atomic E-state index is 0.238. The minimum atomic E-state index is -2.96. The number of carbonyl (C=O) groups is 1. The first-order valence-electron chi connectivity index (χ1n) is 6.57. The molecule has 7 heteroatoms. The lowest BCUT2D eigenvalue weighted by Crippen LogP contribution is -2.36. The van der Waals surface area contributed by atoms with Gasteiger partial charge in [0.05, 0.1) is 11.9 Å². The van der Waals surface area contributed by atoms with Gasteiger partial charge in [0.15, 0.2) is 0 Å². The van der Waals surface area contributed by atoms with Gasteiger partial charge in [-0.3, -0.25) is 4.79 Å². The van der Waals surface area contributed by atoms with Crippen LogP contribution in [0.15, 0.2) is 0 Å². The highest BCUT2D eigenvalue weighted by molar-refractivity contribution is 8.00. The van der Waals surface area contributed by atoms with Crippen LogP contribution in [0.5, 0.6) is 0 Å². The lowest BCUT2D eigenvalue weighted by atomic mass is 10.00. The third-order valence-electron chi connectivity index (χ3n) is 3.28. The fraction of sp³-hybridized carbons (Fsp3) is 0.917. The van der Waals surface area contributed by atoms with Gasteiger partial charge < -0.3 is 10.5 Å². The molecule has 1 aliphatic carbocycles. The molecule has 3 atom stereocenters. The van der Waals surface area contributed by atoms with Crippen LogP contribution in [0.25, 0.3) is 0 Å². The summed E-state index contributed by atoms with van der Waals surface area (Å²) in [5.41, 5.74) is 5.73. The number of hydrogen-bond acceptors (Lipinski definition) is 6. The third kappa shape index (κ3) is 5.71. The van der Waals surface area contributed by atoms with Crippen LogP contribution < -0.4 is 5.73 Å². The van der Waals surface area contributed by atoms with Crippen LogP contribution in [0.2, 0.25) is 0 Å². The van der Waals surface area contributed by atoms with Gasteiger partial charge in [-0.25, -0.2) is 8.42 Å². The normalized spacial score (nSPS) is 25.8. The predicted molar refractivity (Wildman–Crippen MR) is 78.0 cm³/mol. The maximum absolute atomic E-state index is 11.6. The second kappa shape index (κ2) is 7.50. The summed E-state index contributed by atoms with van der Waals surface area (Å²) in [6.45, 7) is 2.08. The van der Waals surface area contributed by atoms with Crippen LogP contribution in [0.1, 0.15) is 32.6 Å². The van der Waals surface area contributed by atoms with Gasteiger partial charge in [-0.05, 0) is 26.2 Å². The van der Waals surface area contributed by atoms with Crippen molar-refractivity contribution in [3.05, 3.63) is 0 Å². The summed E-state index contributed by atoms with van der Waals surface area (Å²) in [6, 6.07) is -0.622. The van der Waals surface area contributed by atoms with Gasteiger partial charge in [-0.1, -0.05) is 6.42 Å². The molecule has 1 fully saturated rings. The molecule has 1 saturated carbocycles. The Morgan fingerprint density at radius 1 is 1.47 bits per heavy atom. The van der Waals surface area contributed by atoms with E-state index in [1.165, 1.54) is 6.26 Å². The van der Waals surface area contributed by atoms with Gasteiger partial charge in [0, 0.05) is 17.3 Å². The average Bonchev–Trinajstić information content (AvgIpc) is 2.35. The Balaban J connectivity index is 2.39. The smallest absolute Gasteiger partial charge is 0.323 e. The second-order valence-electron chi connectivity index (χ2n) is 4.93. The molecule has 0 saturated heterocycles. The van der Waals surface area contributed by atoms with Crippen molar-refractivity contribution in [3.8, 4) is 0 Å². The second-order valence-corrected chi connectivity index (χ2v) is 8.59. The quantitative estimate of drug-likeness (QED) is 0.736. The Hall–Kier alpha value is -0.270. The number of esters is 1. The number of carbonyl (C=O) groups excluding carboxylic acids is 1. The molecule has 1 rings (SSSR count). The van der Waals surface area contributed by atoms with Crippen molar-refractivity contribution in [3.63, 3.8) is 0 Å². The molecule has 0 aromatic heterocycles. The molecule has 1 aliphatic rings. The largest absolute Gasteiger partial charge is 0.465 e. The first-order valence-corrected chi connectivity index (χ1v) is 9.57. The average molecular weight is 309 g/mol. The molecule has 0 bridgehead atoms. The zero-order chi connectivity index (χ0) is 14.5. The molecule has 0 radical (unpaired) electrons. The zero-order valence-electron chi connectivity index (χ0n) is 11.5. The van der Waals surface area contributed by atoms with E-state index in [-0.39, 0.29) is 16.5 Å². The topological polar surface area (TPSA) is 86.5 Å². The number of sulfone groups is 1. The van der Waals surface area contributed by atoms with Crippen molar-refractivity contribution >= 4 is 27.6 Å². The molecule has 2 N–H and O–H groups in total. The molecule has 0 aromatic carbocycles. The van der Waals surface area contributed by atoms with Crippen LogP contribution in [0.3, 0.4) is 0 Å². The molecule has 112 valence electrons. The molecular formula is C12H23NO4S2. The van der Waals surface area contributed by atoms with E-state index in [1.807, 2.05) is 0 Å². The molecule has 19 heavy (non-hydrogen) atoms. The number of ether oxygens (including phenoxy) is 1. The summed E-state index contributed by atoms with van der Waals surface area (Å²) in [7, 11) is -2.96. The van der Waals surface area contributed by atoms with Gasteiger partial charge in [-0.2, -0.15) is 11.8 Å². The zero-order valence-corrected chi connectivity index (χ0v) is 13.1. The fourth-order valence-electron chi connectivity index (χ4n) is 2.20. The van der Waals surface area contributed by atoms with E-state index >= 15 is 0 Å². The molecule has 0 aromatic rings. The van der Waals surface area contributed by atoms with E-state index in [0.717, 1.165) is 19.3 Å². The van der Waals surface area contributed by atoms with E-state index < -0.39 is 15.9 Å². The van der Waals surface area contributed by atoms with E-state index in [9.17, 15) is 13.2 Å². The highest BCUT2D eigenvalue weighted by Crippen LogP contribution is 2.31. The number of nitrogens with two attached hydrogens (primary N) is 1. The maximum Gasteiger partial charge on any atom is 0.323 e. The van der Waals surface area contributed by atoms with Crippen LogP contribution in [-0.2, 0) is 19.4 Å². The van der Waals surface area contributed by atoms with E-state index in [4.69, 9.17) is 10.5 Å². The van der Waals surface area contributed by atoms with E-state index in [2.05, 4.69) is 0 Å². The summed E-state index contributed by atoms with van der Waals surface area (Å²) >= 11 is 1.59. The lowest BCUT2D eigenvalue weighted by Gasteiger charge is -2.28. The van der Waals surface area contributed by atoms with Crippen molar-refractivity contribution < 1.29 is 17.9 Å². The van der Waals surface area contributed by atoms with Crippen molar-refractivity contribution in [2.45, 2.75) is 49.1 Å². The minimum Gasteiger partial charge on any atom is -0.465 e. The Morgan fingerprint density at radius 3 is 2.74 bits per heavy atom. The van der Waals surface area contributed by atoms with Crippen molar-refractivity contribution in [2.24, 2.45) is 5.73 Å². The Morgan fingerprint density at radius 2 is 2.16 bits per heavy atom. The standard InChI is InChI=1S/C12H23NO4S2/c1-3-17-12(14)11(13)8-18-9-5-4-6-10(7-9)19(2,15)16/h9-11H,3-8,13H2,1-2H3. The summed E-state index contributed by atoms with van der Waals surface area (Å²) in [5, 5.41) is 0.0338. The van der Waals surface area contributed by atoms with Gasteiger partial charge in [0.2, 0.25) is 0 Å². The summed E-state index contributed by atoms with van der Waals surface area (Å²) in [6.07, 6.45) is 4.63. The predicted octanol–water partition coefficient (Wildman–Crippen LogP) is 0.966. The summed E-state index contributed by atoms with van der Waals surface area (Å²) in [4.78, 5) is 11.4. The lowest BCUT2D eigenvalue weighted by molar-refractivity contribution is -0.144. The van der Waals surface area contributed by atoms with Crippen LogP contribution in [-0.4, -0.2) is 49.5 Å². The first kappa shape index (κ1) is 16.8. The van der Waals surface area contributed by atoms with Crippen molar-refractivity contribution in [2.75, 3.05) is 18.6 Å². The van der Waals surface area contributed by atoms with Gasteiger partial charge in [-0.15, -0.1) is 0 Å². The Kier molecular flexibility index (Phi) is 6.62. The maximum atomic E-state index is 11.6. The molecule has 3 unspecified atom stereocenters. The molecule has 5 nitrogen and oxygen atoms in total. The van der Waals surface area contributed by atoms with Crippen LogP contribution in [0.4, 0.5) is 0 Å². The van der Waals surface area contributed by atoms with Gasteiger partial charge in [0.1, 0.15) is 15.9 Å². The van der Waals surface area contributed by atoms with E-state index in [0.29, 0.717) is 18.8 Å². The Labute approximate surface area is 119 Å². The monoisotopic (exact) mass is 309 g/mol. The Bertz CT molecular complexity index is 397. The first-order chi connectivity index (χ1) is 8.84. The fourth-order valence-corrected chi connectivity index (χ4v) is 4.82. The van der Waals surface area contributed by atoms with Crippen molar-refractivity contribution in [1.29, 1.82) is 0 Å². The van der Waals surface area contributed by atoms with Crippen LogP contribution >= 0.6 is 11.8 Å². The van der Waals surface area contributed by atoms with E-state index in [1.54, 1.807) is 18.7 Å². The SMILES string of the molecule is CCOC(=O)C(N)CSC1CCCC(S(C)(=O)=O)C1. The van der Waals surface area contributed by atoms with Crippen molar-refractivity contribution in [1.82, 2.24) is 0 Å². The molecule has 0 aliphatic heterocycles. The summed E-state index contributed by atoms with van der Waals surface area (Å²) in [5.74, 6) is 0.102. The highest BCUT2D eigenvalue weighted by Gasteiger charge is 2.29. The van der Waals surface area contributed by atoms with Crippen LogP contribution in [0, 0.1) is 0 Å². The molecular weight excluding hydrogens is 286 g/mol. The highest BCUT2D eigenvalue weighted by atomic mass is 32.2. The molecule has 0 amide bonds. The number of hydrogen-bond donors (Lipinski definition) is 1. The van der Waals surface area contributed by atoms with Gasteiger partial charge in [0.25, 0.3) is 0 Å². The molecule has 0 heterocycles. The summed E-state index contributed by atoms with van der Waals surface area (Å²) < 4.78 is 28.0. The molecule has 0 spiro atoms. The number of rotatable bonds is 6. The van der Waals surface area contributed by atoms with Gasteiger partial charge >= 0.3 is 5.97 Å². The number of thioether (sulfide) groups is 1. The third-order valence-corrected chi connectivity index (χ3v) is 6.37.